The Hall–Kier alpha value is -2.66. The van der Waals surface area contributed by atoms with E-state index in [1.807, 2.05) is 0 Å². The molecular weight excluding hydrogens is 394 g/mol. The lowest BCUT2D eigenvalue weighted by atomic mass is 10.2. The topological polar surface area (TPSA) is 19.0 Å². The van der Waals surface area contributed by atoms with Gasteiger partial charge in [-0.15, -0.1) is 0 Å². The first-order chi connectivity index (χ1) is 15.8. The second kappa shape index (κ2) is 11.8. The lowest BCUT2D eigenvalue weighted by Crippen LogP contribution is -2.35. The summed E-state index contributed by atoms with van der Waals surface area (Å²) in [6, 6.07) is 30.2. The third-order valence-electron chi connectivity index (χ3n) is 6.26. The van der Waals surface area contributed by atoms with Gasteiger partial charge >= 0.3 is 0 Å². The van der Waals surface area contributed by atoms with Crippen LogP contribution in [0.1, 0.15) is 16.7 Å². The predicted molar refractivity (Wildman–Crippen MR) is 132 cm³/mol. The van der Waals surface area contributed by atoms with Gasteiger partial charge in [0, 0.05) is 58.9 Å². The lowest BCUT2D eigenvalue weighted by molar-refractivity contribution is 0.209. The van der Waals surface area contributed by atoms with Crippen LogP contribution in [-0.2, 0) is 19.6 Å². The van der Waals surface area contributed by atoms with Crippen molar-refractivity contribution in [2.45, 2.75) is 19.6 Å². The SMILES string of the molecule is COc1ccc(CN2CCN(Cc3ccccc3)CCN(Cc3ccccc3)CC2)cc1. The molecule has 0 aliphatic carbocycles. The van der Waals surface area contributed by atoms with E-state index in [1.54, 1.807) is 7.11 Å². The minimum absolute atomic E-state index is 0.918. The quantitative estimate of drug-likeness (QED) is 0.550. The molecule has 0 amide bonds. The molecule has 3 aromatic carbocycles. The molecular formula is C28H35N3O. The van der Waals surface area contributed by atoms with Crippen LogP contribution in [0.15, 0.2) is 84.9 Å². The van der Waals surface area contributed by atoms with E-state index in [9.17, 15) is 0 Å². The first-order valence-corrected chi connectivity index (χ1v) is 11.7. The number of rotatable bonds is 7. The average molecular weight is 430 g/mol. The van der Waals surface area contributed by atoms with Gasteiger partial charge in [0.25, 0.3) is 0 Å². The van der Waals surface area contributed by atoms with Gasteiger partial charge in [-0.25, -0.2) is 0 Å². The predicted octanol–water partition coefficient (Wildman–Crippen LogP) is 4.52. The van der Waals surface area contributed by atoms with E-state index in [0.717, 1.165) is 64.7 Å². The summed E-state index contributed by atoms with van der Waals surface area (Å²) in [6.07, 6.45) is 0. The van der Waals surface area contributed by atoms with Crippen molar-refractivity contribution in [3.8, 4) is 5.75 Å². The maximum absolute atomic E-state index is 5.33. The zero-order valence-corrected chi connectivity index (χ0v) is 19.2. The van der Waals surface area contributed by atoms with E-state index in [2.05, 4.69) is 99.6 Å². The normalized spacial score (nSPS) is 16.8. The van der Waals surface area contributed by atoms with Gasteiger partial charge in [0.2, 0.25) is 0 Å². The van der Waals surface area contributed by atoms with Crippen molar-refractivity contribution in [2.75, 3.05) is 46.4 Å². The molecule has 1 heterocycles. The molecule has 0 aromatic heterocycles. The number of nitrogens with zero attached hydrogens (tertiary/aromatic N) is 3. The Balaban J connectivity index is 1.45. The fourth-order valence-corrected chi connectivity index (χ4v) is 4.33. The fraction of sp³-hybridized carbons (Fsp3) is 0.357. The molecule has 3 aromatic rings. The van der Waals surface area contributed by atoms with Crippen molar-refractivity contribution in [3.63, 3.8) is 0 Å². The fourth-order valence-electron chi connectivity index (χ4n) is 4.33. The van der Waals surface area contributed by atoms with Gasteiger partial charge in [-0.2, -0.15) is 0 Å². The smallest absolute Gasteiger partial charge is 0.118 e. The van der Waals surface area contributed by atoms with Gasteiger partial charge in [-0.3, -0.25) is 14.7 Å². The minimum atomic E-state index is 0.918. The molecule has 1 fully saturated rings. The molecule has 0 unspecified atom stereocenters. The molecule has 0 N–H and O–H groups in total. The Labute approximate surface area is 193 Å². The standard InChI is InChI=1S/C28H35N3O/c1-32-28-14-12-27(13-15-28)24-31-20-18-29(22-25-8-4-2-5-9-25)16-17-30(19-21-31)23-26-10-6-3-7-11-26/h2-15H,16-24H2,1H3. The number of hydrogen-bond acceptors (Lipinski definition) is 4. The second-order valence-corrected chi connectivity index (χ2v) is 8.65. The third-order valence-corrected chi connectivity index (χ3v) is 6.26. The van der Waals surface area contributed by atoms with E-state index >= 15 is 0 Å². The molecule has 32 heavy (non-hydrogen) atoms. The van der Waals surface area contributed by atoms with E-state index in [0.29, 0.717) is 0 Å². The van der Waals surface area contributed by atoms with Crippen molar-refractivity contribution in [2.24, 2.45) is 0 Å². The number of ether oxygens (including phenoxy) is 1. The number of methoxy groups -OCH3 is 1. The molecule has 1 aliphatic heterocycles. The summed E-state index contributed by atoms with van der Waals surface area (Å²) in [5.41, 5.74) is 4.13. The molecule has 0 spiro atoms. The van der Waals surface area contributed by atoms with Gasteiger partial charge in [-0.1, -0.05) is 72.8 Å². The van der Waals surface area contributed by atoms with Gasteiger partial charge in [-0.05, 0) is 28.8 Å². The Bertz CT molecular complexity index is 861. The zero-order chi connectivity index (χ0) is 22.0. The summed E-state index contributed by atoms with van der Waals surface area (Å²) < 4.78 is 5.33. The summed E-state index contributed by atoms with van der Waals surface area (Å²) in [5, 5.41) is 0. The van der Waals surface area contributed by atoms with E-state index < -0.39 is 0 Å². The van der Waals surface area contributed by atoms with E-state index in [-0.39, 0.29) is 0 Å². The molecule has 4 heteroatoms. The van der Waals surface area contributed by atoms with Crippen LogP contribution >= 0.6 is 0 Å². The van der Waals surface area contributed by atoms with Crippen molar-refractivity contribution in [1.29, 1.82) is 0 Å². The van der Waals surface area contributed by atoms with Crippen molar-refractivity contribution in [3.05, 3.63) is 102 Å². The Morgan fingerprint density at radius 3 is 1.19 bits per heavy atom. The molecule has 0 radical (unpaired) electrons. The average Bonchev–Trinajstić information content (AvgIpc) is 2.93. The highest BCUT2D eigenvalue weighted by atomic mass is 16.5. The third kappa shape index (κ3) is 6.92. The Morgan fingerprint density at radius 1 is 0.500 bits per heavy atom. The van der Waals surface area contributed by atoms with Crippen LogP contribution in [0.5, 0.6) is 5.75 Å². The maximum Gasteiger partial charge on any atom is 0.118 e. The van der Waals surface area contributed by atoms with Gasteiger partial charge in [0.1, 0.15) is 5.75 Å². The summed E-state index contributed by atoms with van der Waals surface area (Å²) in [6.45, 7) is 9.52. The molecule has 0 atom stereocenters. The maximum atomic E-state index is 5.33. The van der Waals surface area contributed by atoms with Crippen molar-refractivity contribution in [1.82, 2.24) is 14.7 Å². The molecule has 0 saturated carbocycles. The monoisotopic (exact) mass is 429 g/mol. The van der Waals surface area contributed by atoms with Crippen LogP contribution in [-0.4, -0.2) is 61.1 Å². The van der Waals surface area contributed by atoms with Crippen molar-refractivity contribution < 1.29 is 4.74 Å². The molecule has 1 saturated heterocycles. The van der Waals surface area contributed by atoms with Crippen LogP contribution in [0.3, 0.4) is 0 Å². The number of hydrogen-bond donors (Lipinski definition) is 0. The van der Waals surface area contributed by atoms with Crippen LogP contribution in [0, 0.1) is 0 Å². The summed E-state index contributed by atoms with van der Waals surface area (Å²) in [4.78, 5) is 7.82. The lowest BCUT2D eigenvalue weighted by Gasteiger charge is -2.26. The van der Waals surface area contributed by atoms with E-state index in [1.165, 1.54) is 16.7 Å². The Kier molecular flexibility index (Phi) is 8.32. The second-order valence-electron chi connectivity index (χ2n) is 8.65. The largest absolute Gasteiger partial charge is 0.497 e. The molecule has 1 aliphatic rings. The van der Waals surface area contributed by atoms with Gasteiger partial charge in [0.05, 0.1) is 7.11 Å². The molecule has 4 rings (SSSR count). The van der Waals surface area contributed by atoms with Crippen LogP contribution in [0.2, 0.25) is 0 Å². The molecule has 0 bridgehead atoms. The summed E-state index contributed by atoms with van der Waals surface area (Å²) in [7, 11) is 1.72. The van der Waals surface area contributed by atoms with Crippen LogP contribution in [0.4, 0.5) is 0 Å². The van der Waals surface area contributed by atoms with Gasteiger partial charge in [0.15, 0.2) is 0 Å². The van der Waals surface area contributed by atoms with Crippen LogP contribution in [0.25, 0.3) is 0 Å². The van der Waals surface area contributed by atoms with Gasteiger partial charge < -0.3 is 4.74 Å². The summed E-state index contributed by atoms with van der Waals surface area (Å²) >= 11 is 0. The highest BCUT2D eigenvalue weighted by molar-refractivity contribution is 5.27. The molecule has 168 valence electrons. The van der Waals surface area contributed by atoms with Crippen molar-refractivity contribution >= 4 is 0 Å². The summed E-state index contributed by atoms with van der Waals surface area (Å²) in [5.74, 6) is 0.918. The minimum Gasteiger partial charge on any atom is -0.497 e. The highest BCUT2D eigenvalue weighted by Gasteiger charge is 2.17. The zero-order valence-electron chi connectivity index (χ0n) is 19.2. The van der Waals surface area contributed by atoms with E-state index in [4.69, 9.17) is 4.74 Å². The first-order valence-electron chi connectivity index (χ1n) is 11.7. The number of benzene rings is 3. The highest BCUT2D eigenvalue weighted by Crippen LogP contribution is 2.15. The Morgan fingerprint density at radius 2 is 0.844 bits per heavy atom. The van der Waals surface area contributed by atoms with Crippen LogP contribution < -0.4 is 4.74 Å². The molecule has 4 nitrogen and oxygen atoms in total. The first kappa shape index (κ1) is 22.5.